The topological polar surface area (TPSA) is 166 Å². The molecule has 16 heterocycles. The second-order valence-corrected chi connectivity index (χ2v) is 29.9. The van der Waals surface area contributed by atoms with E-state index in [1.807, 2.05) is 333 Å². The minimum absolute atomic E-state index is 0.741. The molecule has 6 fully saturated rings. The molecule has 28 rings (SSSR count). The Bertz CT molecular complexity index is 4270. The molecule has 12 aromatic carbocycles. The van der Waals surface area contributed by atoms with E-state index in [1.165, 1.54) is 0 Å². The molecule has 0 atom stereocenters. The second-order valence-electron chi connectivity index (χ2n) is 29.9. The van der Waals surface area contributed by atoms with Crippen LogP contribution in [0.15, 0.2) is 291 Å². The Balaban J connectivity index is 0.675. The summed E-state index contributed by atoms with van der Waals surface area (Å²) in [5.74, 6) is 0. The van der Waals surface area contributed by atoms with Crippen LogP contribution in [0.25, 0.3) is 0 Å². The van der Waals surface area contributed by atoms with Crippen molar-refractivity contribution in [1.29, 1.82) is 0 Å². The Hall–Kier alpha value is -8.91. The first-order valence-electron chi connectivity index (χ1n) is 38.5. The highest BCUT2D eigenvalue weighted by molar-refractivity contribution is 6.92. The average Bonchev–Trinajstić information content (AvgIpc) is 0.792. The molecule has 0 aromatic heterocycles. The Labute approximate surface area is 670 Å². The zero-order valence-electron chi connectivity index (χ0n) is 63.5. The Morgan fingerprint density at radius 1 is 0.0965 bits per heavy atom. The summed E-state index contributed by atoms with van der Waals surface area (Å²) >= 11 is 0. The van der Waals surface area contributed by atoms with Gasteiger partial charge in [0.05, 0.1) is 0 Å². The van der Waals surface area contributed by atoms with E-state index in [1.54, 1.807) is 0 Å². The van der Waals surface area contributed by atoms with Crippen molar-refractivity contribution in [2.45, 2.75) is 41.5 Å². The molecular formula is C78H66B18O18. The van der Waals surface area contributed by atoms with Crippen molar-refractivity contribution >= 4 is 226 Å². The Morgan fingerprint density at radius 3 is 0.211 bits per heavy atom. The van der Waals surface area contributed by atoms with Crippen LogP contribution in [0.1, 0.15) is 33.4 Å². The van der Waals surface area contributed by atoms with Gasteiger partial charge in [0, 0.05) is 0 Å². The third kappa shape index (κ3) is 16.5. The van der Waals surface area contributed by atoms with Crippen LogP contribution in [0.4, 0.5) is 0 Å². The Kier molecular flexibility index (Phi) is 21.8. The number of benzene rings is 12. The van der Waals surface area contributed by atoms with Crippen LogP contribution < -0.4 is 98.3 Å². The van der Waals surface area contributed by atoms with E-state index in [-0.39, 0.29) is 0 Å². The van der Waals surface area contributed by atoms with Crippen molar-refractivity contribution in [2.24, 2.45) is 0 Å². The van der Waals surface area contributed by atoms with Gasteiger partial charge in [-0.25, -0.2) is 0 Å². The summed E-state index contributed by atoms with van der Waals surface area (Å²) in [5, 5.41) is 0. The maximum atomic E-state index is 6.83. The van der Waals surface area contributed by atoms with Gasteiger partial charge in [-0.05, 0) is 140 Å². The lowest BCUT2D eigenvalue weighted by atomic mass is 9.58. The summed E-state index contributed by atoms with van der Waals surface area (Å²) in [6.07, 6.45) is 0. The molecule has 0 aliphatic carbocycles. The molecule has 0 saturated carbocycles. The first-order valence-corrected chi connectivity index (χ1v) is 38.5. The third-order valence-electron chi connectivity index (χ3n) is 21.4. The van der Waals surface area contributed by atoms with Crippen LogP contribution in [-0.4, -0.2) is 128 Å². The molecule has 16 aliphatic rings. The molecule has 6 saturated heterocycles. The van der Waals surface area contributed by atoms with Crippen LogP contribution in [-0.2, 0) is 82.3 Å². The number of hydrogen-bond acceptors (Lipinski definition) is 18. The number of rotatable bonds is 6. The maximum Gasteiger partial charge on any atom is 0.467 e. The molecule has 16 aliphatic heterocycles. The van der Waals surface area contributed by atoms with Gasteiger partial charge in [-0.1, -0.05) is 325 Å². The Morgan fingerprint density at radius 2 is 0.149 bits per heavy atom. The molecule has 114 heavy (non-hydrogen) atoms. The highest BCUT2D eigenvalue weighted by Crippen LogP contribution is 2.21. The minimum Gasteiger partial charge on any atom is -0.445 e. The number of hydrogen-bond donors (Lipinski definition) is 0. The van der Waals surface area contributed by atoms with Crippen molar-refractivity contribution < 1.29 is 82.3 Å². The highest BCUT2D eigenvalue weighted by atomic mass is 16.7. The summed E-state index contributed by atoms with van der Waals surface area (Å²) in [6, 6.07) is 95.8. The van der Waals surface area contributed by atoms with Gasteiger partial charge in [-0.2, -0.15) is 0 Å². The lowest BCUT2D eigenvalue weighted by Crippen LogP contribution is -2.63. The lowest BCUT2D eigenvalue weighted by Gasteiger charge is -2.33. The van der Waals surface area contributed by atoms with E-state index in [9.17, 15) is 0 Å². The fourth-order valence-electron chi connectivity index (χ4n) is 14.6. The predicted octanol–water partition coefficient (Wildman–Crippen LogP) is -0.853. The lowest BCUT2D eigenvalue weighted by molar-refractivity contribution is 0.306. The predicted molar refractivity (Wildman–Crippen MR) is 462 cm³/mol. The zero-order chi connectivity index (χ0) is 76.9. The summed E-state index contributed by atoms with van der Waals surface area (Å²) < 4.78 is 122. The zero-order valence-corrected chi connectivity index (χ0v) is 63.5. The van der Waals surface area contributed by atoms with Crippen molar-refractivity contribution in [3.8, 4) is 0 Å². The monoisotopic (exact) mass is 1490 g/mol. The fraction of sp³-hybridized carbons (Fsp3) is 0.0769. The molecule has 0 amide bonds. The minimum atomic E-state index is -0.875. The second kappa shape index (κ2) is 33.0. The first-order chi connectivity index (χ1) is 55.8. The molecule has 12 aromatic rings. The van der Waals surface area contributed by atoms with Gasteiger partial charge < -0.3 is 82.3 Å². The fourth-order valence-corrected chi connectivity index (χ4v) is 14.6. The van der Waals surface area contributed by atoms with Crippen LogP contribution >= 0.6 is 0 Å². The van der Waals surface area contributed by atoms with E-state index in [2.05, 4.69) is 0 Å². The summed E-state index contributed by atoms with van der Waals surface area (Å²) in [5.41, 5.74) is 20.5. The summed E-state index contributed by atoms with van der Waals surface area (Å²) in [7, 11) is -15.3. The van der Waals surface area contributed by atoms with Crippen LogP contribution in [0, 0.1) is 41.5 Å². The van der Waals surface area contributed by atoms with E-state index in [4.69, 9.17) is 82.3 Å². The molecule has 18 nitrogen and oxygen atoms in total. The van der Waals surface area contributed by atoms with Gasteiger partial charge in [0.25, 0.3) is 0 Å². The molecule has 0 spiro atoms. The van der Waals surface area contributed by atoms with Gasteiger partial charge >= 0.3 is 128 Å². The normalized spacial score (nSPS) is 16.8. The summed E-state index contributed by atoms with van der Waals surface area (Å²) in [4.78, 5) is 0. The molecule has 24 bridgehead atoms. The quantitative estimate of drug-likeness (QED) is 0.189. The van der Waals surface area contributed by atoms with E-state index in [0.717, 1.165) is 132 Å². The molecule has 0 N–H and O–H groups in total. The SMILES string of the molecule is Cc1ccc(B2OB3OB(O2)c2ccc(cc2)B2OB(c4ccc(C)cc4)OB(O2)c2ccc(cc2)B2OB(c4ccc(C)cc4)OB(O2)c2ccc(cc2)B2OB(c4ccc(C)cc4)OB(O2)c2ccc(cc2)B2OB(c4ccc(C)cc4)OB(O2)c2ccc(cc2)B2OB(c4ccc(C)cc4)OB(O2)c2ccc3cc2)cc1. The number of aryl methyl sites for hydroxylation is 6. The van der Waals surface area contributed by atoms with Crippen molar-refractivity contribution in [3.05, 3.63) is 325 Å². The molecular weight excluding hydrogens is 1420 g/mol. The van der Waals surface area contributed by atoms with Crippen LogP contribution in [0.5, 0.6) is 0 Å². The van der Waals surface area contributed by atoms with Crippen LogP contribution in [0.3, 0.4) is 0 Å². The van der Waals surface area contributed by atoms with Crippen molar-refractivity contribution in [1.82, 2.24) is 0 Å². The summed E-state index contributed by atoms with van der Waals surface area (Å²) in [6.45, 7) is 12.3. The first kappa shape index (κ1) is 75.1. The van der Waals surface area contributed by atoms with Gasteiger partial charge in [0.2, 0.25) is 0 Å². The van der Waals surface area contributed by atoms with E-state index >= 15 is 0 Å². The van der Waals surface area contributed by atoms with Gasteiger partial charge in [-0.15, -0.1) is 0 Å². The highest BCUT2D eigenvalue weighted by Gasteiger charge is 2.51. The molecule has 0 unspecified atom stereocenters. The van der Waals surface area contributed by atoms with Gasteiger partial charge in [0.1, 0.15) is 0 Å². The van der Waals surface area contributed by atoms with Crippen LogP contribution in [0.2, 0.25) is 0 Å². The average molecular weight is 1490 g/mol. The standard InChI is InChI=1S/C78H66B18O18/c1-55-7-19-61(20-8-55)79-97-85-67-31-35-69(36-32-67)87-99-80(62-21-9-56(2)10-22-62)101-89(110-87)71-39-43-73(44-40-71)91-103-82(64-25-13-58(4)14-26-64)105-93(112-91)75-47-51-77(52-48-75)95-107-84(66-29-17-60(6)18-30-66)108-96(114-95)78-53-49-76(50-54-78)94-106-83(65-27-15-59(5)16-28-65)104-92(113-94)74-45-41-72(42-46-74)90-102-81(63-23-11-57(3)12-24-63)100-88(111-90)70-37-33-68(34-38-70)86(98-79)109-85/h7-54H,1-6H3. The maximum absolute atomic E-state index is 6.83. The van der Waals surface area contributed by atoms with Crippen molar-refractivity contribution in [3.63, 3.8) is 0 Å². The van der Waals surface area contributed by atoms with E-state index < -0.39 is 128 Å². The van der Waals surface area contributed by atoms with Gasteiger partial charge in [-0.3, -0.25) is 0 Å². The van der Waals surface area contributed by atoms with Crippen molar-refractivity contribution in [2.75, 3.05) is 0 Å². The molecule has 36 heteroatoms. The van der Waals surface area contributed by atoms with E-state index in [0.29, 0.717) is 0 Å². The third-order valence-corrected chi connectivity index (χ3v) is 21.4. The largest absolute Gasteiger partial charge is 0.467 e. The molecule has 540 valence electrons. The smallest absolute Gasteiger partial charge is 0.445 e. The molecule has 0 radical (unpaired) electrons. The van der Waals surface area contributed by atoms with Gasteiger partial charge in [0.15, 0.2) is 0 Å².